The number of thiocarbonyl (C=S) groups is 1. The first-order valence-electron chi connectivity index (χ1n) is 9.85. The number of carboxylic acid groups (broad SMARTS) is 1. The van der Waals surface area contributed by atoms with Crippen LogP contribution in [0.15, 0.2) is 0 Å². The third kappa shape index (κ3) is 11.4. The second-order valence-corrected chi connectivity index (χ2v) is 8.43. The van der Waals surface area contributed by atoms with Crippen molar-refractivity contribution in [2.45, 2.75) is 103 Å². The van der Waals surface area contributed by atoms with Gasteiger partial charge in [-0.3, -0.25) is 9.35 Å². The quantitative estimate of drug-likeness (QED) is 0.203. The van der Waals surface area contributed by atoms with Gasteiger partial charge in [0, 0.05) is 6.42 Å². The molecule has 0 aliphatic carbocycles. The number of carboxylic acids is 1. The molecule has 0 heterocycles. The standard InChI is InChI=1S/C19H34N2O4S2/c1-3-4-5-6-7-8-9-10-11-12-13-17(26)21(27(24)25)19(2,16-20)15-14-18(22)23/h3-15H2,1-2H3,(H,22,23)(H,24,25). The van der Waals surface area contributed by atoms with E-state index in [0.717, 1.165) is 23.6 Å². The first-order chi connectivity index (χ1) is 12.8. The summed E-state index contributed by atoms with van der Waals surface area (Å²) >= 11 is 2.83. The van der Waals surface area contributed by atoms with Crippen molar-refractivity contribution in [3.05, 3.63) is 0 Å². The highest BCUT2D eigenvalue weighted by atomic mass is 32.2. The van der Waals surface area contributed by atoms with Crippen LogP contribution in [0.25, 0.3) is 0 Å². The Balaban J connectivity index is 4.28. The Morgan fingerprint density at radius 1 is 1.07 bits per heavy atom. The van der Waals surface area contributed by atoms with Crippen LogP contribution in [0.2, 0.25) is 0 Å². The summed E-state index contributed by atoms with van der Waals surface area (Å²) in [6, 6.07) is 1.96. The molecule has 2 N–H and O–H groups in total. The Kier molecular flexibility index (Phi) is 14.4. The van der Waals surface area contributed by atoms with Gasteiger partial charge in [0.2, 0.25) is 0 Å². The summed E-state index contributed by atoms with van der Waals surface area (Å²) in [6.45, 7) is 3.66. The Bertz CT molecular complexity index is 522. The number of rotatable bonds is 16. The van der Waals surface area contributed by atoms with Crippen molar-refractivity contribution >= 4 is 34.4 Å². The summed E-state index contributed by atoms with van der Waals surface area (Å²) in [7, 11) is 0. The Hall–Kier alpha value is -1.04. The third-order valence-corrected chi connectivity index (χ3v) is 6.08. The fourth-order valence-corrected chi connectivity index (χ4v) is 4.23. The predicted octanol–water partition coefficient (Wildman–Crippen LogP) is 5.21. The summed E-state index contributed by atoms with van der Waals surface area (Å²) < 4.78 is 22.3. The van der Waals surface area contributed by atoms with Gasteiger partial charge in [-0.05, 0) is 26.2 Å². The molecule has 156 valence electrons. The average Bonchev–Trinajstić information content (AvgIpc) is 2.61. The van der Waals surface area contributed by atoms with Crippen molar-refractivity contribution in [3.8, 4) is 6.07 Å². The minimum Gasteiger partial charge on any atom is -0.481 e. The zero-order valence-electron chi connectivity index (χ0n) is 16.6. The molecule has 27 heavy (non-hydrogen) atoms. The van der Waals surface area contributed by atoms with E-state index in [1.807, 2.05) is 6.07 Å². The normalized spacial score (nSPS) is 14.1. The van der Waals surface area contributed by atoms with Crippen molar-refractivity contribution in [2.24, 2.45) is 0 Å². The number of aliphatic carboxylic acids is 1. The van der Waals surface area contributed by atoms with Crippen LogP contribution in [0.1, 0.15) is 97.3 Å². The van der Waals surface area contributed by atoms with E-state index in [1.54, 1.807) is 0 Å². The number of unbranched alkanes of at least 4 members (excludes halogenated alkanes) is 9. The second-order valence-electron chi connectivity index (χ2n) is 7.13. The molecule has 0 saturated carbocycles. The summed E-state index contributed by atoms with van der Waals surface area (Å²) in [4.78, 5) is 11.0. The molecule has 0 spiro atoms. The van der Waals surface area contributed by atoms with Crippen LogP contribution in [0.3, 0.4) is 0 Å². The van der Waals surface area contributed by atoms with Crippen LogP contribution in [0.4, 0.5) is 0 Å². The van der Waals surface area contributed by atoms with E-state index in [1.165, 1.54) is 51.9 Å². The first kappa shape index (κ1) is 26.0. The molecule has 8 heteroatoms. The minimum atomic E-state index is -2.46. The van der Waals surface area contributed by atoms with Gasteiger partial charge in [-0.2, -0.15) is 5.26 Å². The molecule has 2 unspecified atom stereocenters. The van der Waals surface area contributed by atoms with Gasteiger partial charge in [0.05, 0.1) is 11.1 Å². The van der Waals surface area contributed by atoms with Crippen LogP contribution >= 0.6 is 12.2 Å². The lowest BCUT2D eigenvalue weighted by Crippen LogP contribution is -2.49. The fraction of sp³-hybridized carbons (Fsp3) is 0.842. The topological polar surface area (TPSA) is 102 Å². The van der Waals surface area contributed by atoms with Gasteiger partial charge in [-0.1, -0.05) is 76.9 Å². The number of nitrogens with zero attached hydrogens (tertiary/aromatic N) is 2. The molecule has 0 aromatic heterocycles. The number of hydrogen-bond donors (Lipinski definition) is 2. The molecule has 0 amide bonds. The molecule has 0 bridgehead atoms. The van der Waals surface area contributed by atoms with Crippen LogP contribution in [0, 0.1) is 11.3 Å². The van der Waals surface area contributed by atoms with Gasteiger partial charge in [0.15, 0.2) is 0 Å². The molecule has 0 aromatic carbocycles. The molecule has 0 aliphatic rings. The third-order valence-electron chi connectivity index (χ3n) is 4.64. The van der Waals surface area contributed by atoms with Gasteiger partial charge in [0.25, 0.3) is 11.3 Å². The zero-order chi connectivity index (χ0) is 20.7. The Labute approximate surface area is 171 Å². The summed E-state index contributed by atoms with van der Waals surface area (Å²) in [5, 5.41) is 18.3. The largest absolute Gasteiger partial charge is 0.481 e. The van der Waals surface area contributed by atoms with Crippen LogP contribution in [-0.2, 0) is 16.1 Å². The highest BCUT2D eigenvalue weighted by Crippen LogP contribution is 2.25. The molecule has 0 aliphatic heterocycles. The van der Waals surface area contributed by atoms with Crippen LogP contribution in [-0.4, -0.2) is 34.7 Å². The maximum absolute atomic E-state index is 11.7. The predicted molar refractivity (Wildman–Crippen MR) is 113 cm³/mol. The van der Waals surface area contributed by atoms with Crippen molar-refractivity contribution in [1.82, 2.24) is 4.31 Å². The highest BCUT2D eigenvalue weighted by molar-refractivity contribution is 7.83. The lowest BCUT2D eigenvalue weighted by molar-refractivity contribution is -0.137. The fourth-order valence-electron chi connectivity index (χ4n) is 2.95. The van der Waals surface area contributed by atoms with Gasteiger partial charge in [-0.25, -0.2) is 8.51 Å². The summed E-state index contributed by atoms with van der Waals surface area (Å²) in [5.74, 6) is -1.05. The van der Waals surface area contributed by atoms with Crippen LogP contribution < -0.4 is 0 Å². The second kappa shape index (κ2) is 14.9. The van der Waals surface area contributed by atoms with E-state index in [2.05, 4.69) is 6.92 Å². The zero-order valence-corrected chi connectivity index (χ0v) is 18.2. The van der Waals surface area contributed by atoms with E-state index >= 15 is 0 Å². The molecule has 0 saturated heterocycles. The molecular formula is C19H34N2O4S2. The highest BCUT2D eigenvalue weighted by Gasteiger charge is 2.37. The number of hydrogen-bond acceptors (Lipinski definition) is 4. The van der Waals surface area contributed by atoms with Crippen molar-refractivity contribution in [2.75, 3.05) is 0 Å². The molecule has 2 atom stereocenters. The van der Waals surface area contributed by atoms with E-state index in [-0.39, 0.29) is 17.8 Å². The molecule has 0 rings (SSSR count). The number of carbonyl (C=O) groups is 1. The van der Waals surface area contributed by atoms with Crippen molar-refractivity contribution in [1.29, 1.82) is 5.26 Å². The SMILES string of the molecule is CCCCCCCCCCCCC(=S)N(S(=O)O)C(C)(C#N)CCC(=O)O. The molecule has 0 fully saturated rings. The van der Waals surface area contributed by atoms with E-state index in [9.17, 15) is 18.8 Å². The lowest BCUT2D eigenvalue weighted by Gasteiger charge is -2.34. The summed E-state index contributed by atoms with van der Waals surface area (Å²) in [6.07, 6.45) is 11.9. The Morgan fingerprint density at radius 2 is 1.56 bits per heavy atom. The van der Waals surface area contributed by atoms with Gasteiger partial charge < -0.3 is 5.11 Å². The van der Waals surface area contributed by atoms with Gasteiger partial charge in [-0.15, -0.1) is 0 Å². The molecule has 0 radical (unpaired) electrons. The van der Waals surface area contributed by atoms with Crippen LogP contribution in [0.5, 0.6) is 0 Å². The first-order valence-corrected chi connectivity index (χ1v) is 11.3. The van der Waals surface area contributed by atoms with Gasteiger partial charge >= 0.3 is 5.97 Å². The lowest BCUT2D eigenvalue weighted by atomic mass is 9.97. The Morgan fingerprint density at radius 3 is 1.96 bits per heavy atom. The van der Waals surface area contributed by atoms with Gasteiger partial charge in [0.1, 0.15) is 5.54 Å². The molecule has 6 nitrogen and oxygen atoms in total. The minimum absolute atomic E-state index is 0.0662. The number of nitriles is 1. The van der Waals surface area contributed by atoms with Crippen molar-refractivity contribution < 1.29 is 18.7 Å². The average molecular weight is 419 g/mol. The van der Waals surface area contributed by atoms with Crippen molar-refractivity contribution in [3.63, 3.8) is 0 Å². The summed E-state index contributed by atoms with van der Waals surface area (Å²) in [5.41, 5.74) is -1.41. The maximum Gasteiger partial charge on any atom is 0.303 e. The molecule has 0 aromatic rings. The van der Waals surface area contributed by atoms with E-state index in [4.69, 9.17) is 17.3 Å². The maximum atomic E-state index is 11.7. The van der Waals surface area contributed by atoms with E-state index < -0.39 is 22.8 Å². The molecular weight excluding hydrogens is 384 g/mol. The smallest absolute Gasteiger partial charge is 0.303 e. The monoisotopic (exact) mass is 418 g/mol. The van der Waals surface area contributed by atoms with E-state index in [0.29, 0.717) is 6.42 Å².